The number of fused-ring (bicyclic) bond motifs is 1. The summed E-state index contributed by atoms with van der Waals surface area (Å²) in [6, 6.07) is 4.22. The number of aromatic amines is 1. The lowest BCUT2D eigenvalue weighted by Crippen LogP contribution is -2.46. The number of piperidine rings is 1. The van der Waals surface area contributed by atoms with Crippen molar-refractivity contribution in [2.45, 2.75) is 38.4 Å². The summed E-state index contributed by atoms with van der Waals surface area (Å²) in [4.78, 5) is 24.3. The van der Waals surface area contributed by atoms with Gasteiger partial charge in [0.25, 0.3) is 5.91 Å². The number of nitrogens with zero attached hydrogens (tertiary/aromatic N) is 5. The van der Waals surface area contributed by atoms with E-state index in [1.165, 1.54) is 0 Å². The molecular formula is C20H28N6O. The maximum Gasteiger partial charge on any atom is 0.275 e. The van der Waals surface area contributed by atoms with E-state index in [4.69, 9.17) is 0 Å². The highest BCUT2D eigenvalue weighted by molar-refractivity contribution is 5.94. The van der Waals surface area contributed by atoms with Crippen molar-refractivity contribution in [3.05, 3.63) is 47.0 Å². The molecule has 4 rings (SSSR count). The van der Waals surface area contributed by atoms with Crippen LogP contribution < -0.4 is 0 Å². The van der Waals surface area contributed by atoms with Crippen LogP contribution in [0.5, 0.6) is 0 Å². The Morgan fingerprint density at radius 2 is 1.93 bits per heavy atom. The average Bonchev–Trinajstić information content (AvgIpc) is 3.10. The van der Waals surface area contributed by atoms with Gasteiger partial charge in [0.2, 0.25) is 0 Å². The zero-order valence-electron chi connectivity index (χ0n) is 16.2. The van der Waals surface area contributed by atoms with Crippen LogP contribution in [0.25, 0.3) is 0 Å². The van der Waals surface area contributed by atoms with E-state index >= 15 is 0 Å². The van der Waals surface area contributed by atoms with Gasteiger partial charge in [-0.15, -0.1) is 0 Å². The lowest BCUT2D eigenvalue weighted by molar-refractivity contribution is 0.0561. The number of hydrogen-bond donors (Lipinski definition) is 1. The van der Waals surface area contributed by atoms with Crippen molar-refractivity contribution in [1.29, 1.82) is 0 Å². The summed E-state index contributed by atoms with van der Waals surface area (Å²) in [6.45, 7) is 4.42. The van der Waals surface area contributed by atoms with Crippen LogP contribution in [0.3, 0.4) is 0 Å². The van der Waals surface area contributed by atoms with E-state index in [1.807, 2.05) is 17.0 Å². The van der Waals surface area contributed by atoms with Gasteiger partial charge in [-0.1, -0.05) is 0 Å². The van der Waals surface area contributed by atoms with E-state index in [0.29, 0.717) is 12.2 Å². The molecule has 0 aliphatic carbocycles. The number of rotatable bonds is 4. The van der Waals surface area contributed by atoms with Crippen molar-refractivity contribution in [3.63, 3.8) is 0 Å². The molecule has 0 atom stereocenters. The molecule has 1 saturated heterocycles. The summed E-state index contributed by atoms with van der Waals surface area (Å²) in [6.07, 6.45) is 6.50. The first kappa shape index (κ1) is 18.1. The van der Waals surface area contributed by atoms with Crippen molar-refractivity contribution in [2.75, 3.05) is 33.7 Å². The molecule has 1 N–H and O–H groups in total. The fourth-order valence-electron chi connectivity index (χ4n) is 4.10. The maximum atomic E-state index is 13.6. The third kappa shape index (κ3) is 3.89. The fourth-order valence-corrected chi connectivity index (χ4v) is 4.10. The van der Waals surface area contributed by atoms with Crippen molar-refractivity contribution < 1.29 is 4.79 Å². The predicted molar refractivity (Wildman–Crippen MR) is 103 cm³/mol. The van der Waals surface area contributed by atoms with Crippen LogP contribution in [-0.2, 0) is 19.5 Å². The monoisotopic (exact) mass is 368 g/mol. The second kappa shape index (κ2) is 7.78. The van der Waals surface area contributed by atoms with Gasteiger partial charge in [-0.2, -0.15) is 5.10 Å². The van der Waals surface area contributed by atoms with Crippen molar-refractivity contribution in [2.24, 2.45) is 0 Å². The van der Waals surface area contributed by atoms with Crippen LogP contribution in [0.1, 0.15) is 40.2 Å². The number of aromatic nitrogens is 3. The molecule has 0 spiro atoms. The largest absolute Gasteiger partial charge is 0.330 e. The lowest BCUT2D eigenvalue weighted by Gasteiger charge is -2.37. The molecule has 0 saturated carbocycles. The fraction of sp³-hybridized carbons (Fsp3) is 0.550. The molecule has 2 aromatic rings. The Labute approximate surface area is 160 Å². The molecule has 2 aromatic heterocycles. The first-order valence-corrected chi connectivity index (χ1v) is 9.75. The SMILES string of the molecule is CN1CCC(N(Cc2ccncc2)C(=O)c2n[nH]c3c2CN(C)CC3)CC1. The smallest absolute Gasteiger partial charge is 0.275 e. The Bertz CT molecular complexity index is 781. The van der Waals surface area contributed by atoms with Crippen LogP contribution >= 0.6 is 0 Å². The predicted octanol–water partition coefficient (Wildman–Crippen LogP) is 1.53. The maximum absolute atomic E-state index is 13.6. The number of nitrogens with one attached hydrogen (secondary N) is 1. The molecule has 27 heavy (non-hydrogen) atoms. The molecule has 0 aromatic carbocycles. The summed E-state index contributed by atoms with van der Waals surface area (Å²) in [5, 5.41) is 7.55. The van der Waals surface area contributed by atoms with Gasteiger partial charge < -0.3 is 14.7 Å². The van der Waals surface area contributed by atoms with Gasteiger partial charge in [0.15, 0.2) is 5.69 Å². The molecule has 0 unspecified atom stereocenters. The highest BCUT2D eigenvalue weighted by Gasteiger charge is 2.32. The van der Waals surface area contributed by atoms with E-state index < -0.39 is 0 Å². The summed E-state index contributed by atoms with van der Waals surface area (Å²) in [7, 11) is 4.24. The first-order valence-electron chi connectivity index (χ1n) is 9.75. The zero-order chi connectivity index (χ0) is 18.8. The Morgan fingerprint density at radius 3 is 2.67 bits per heavy atom. The van der Waals surface area contributed by atoms with E-state index in [9.17, 15) is 4.79 Å². The Kier molecular flexibility index (Phi) is 5.22. The minimum absolute atomic E-state index is 0.0502. The van der Waals surface area contributed by atoms with Gasteiger partial charge in [-0.05, 0) is 57.7 Å². The topological polar surface area (TPSA) is 68.4 Å². The van der Waals surface area contributed by atoms with E-state index in [2.05, 4.69) is 39.1 Å². The number of amides is 1. The Hall–Kier alpha value is -2.25. The molecule has 0 bridgehead atoms. The summed E-state index contributed by atoms with van der Waals surface area (Å²) >= 11 is 0. The van der Waals surface area contributed by atoms with Gasteiger partial charge in [-0.25, -0.2) is 0 Å². The quantitative estimate of drug-likeness (QED) is 0.886. The van der Waals surface area contributed by atoms with Crippen LogP contribution in [0.2, 0.25) is 0 Å². The molecule has 7 nitrogen and oxygen atoms in total. The van der Waals surface area contributed by atoms with Crippen molar-refractivity contribution >= 4 is 5.91 Å². The molecule has 2 aliphatic rings. The third-order valence-electron chi connectivity index (χ3n) is 5.82. The normalized spacial score (nSPS) is 19.0. The Morgan fingerprint density at radius 1 is 1.19 bits per heavy atom. The highest BCUT2D eigenvalue weighted by atomic mass is 16.2. The van der Waals surface area contributed by atoms with Crippen LogP contribution in [0.15, 0.2) is 24.5 Å². The Balaban J connectivity index is 1.62. The van der Waals surface area contributed by atoms with Crippen LogP contribution in [0, 0.1) is 0 Å². The van der Waals surface area contributed by atoms with Crippen LogP contribution in [0.4, 0.5) is 0 Å². The third-order valence-corrected chi connectivity index (χ3v) is 5.82. The summed E-state index contributed by atoms with van der Waals surface area (Å²) < 4.78 is 0. The number of H-pyrrole nitrogens is 1. The first-order chi connectivity index (χ1) is 13.1. The average molecular weight is 368 g/mol. The van der Waals surface area contributed by atoms with E-state index in [-0.39, 0.29) is 11.9 Å². The van der Waals surface area contributed by atoms with Gasteiger partial charge in [0.1, 0.15) is 0 Å². The van der Waals surface area contributed by atoms with Gasteiger partial charge in [-0.3, -0.25) is 14.9 Å². The van der Waals surface area contributed by atoms with E-state index in [1.54, 1.807) is 12.4 Å². The number of carbonyl (C=O) groups is 1. The zero-order valence-corrected chi connectivity index (χ0v) is 16.2. The number of hydrogen-bond acceptors (Lipinski definition) is 5. The standard InChI is InChI=1S/C20H28N6O/c1-24-10-5-16(6-11-24)26(13-15-3-8-21-9-4-15)20(27)19-17-14-25(2)12-7-18(17)22-23-19/h3-4,8-9,16H,5-7,10-14H2,1-2H3,(H,22,23). The van der Waals surface area contributed by atoms with Crippen LogP contribution in [-0.4, -0.2) is 75.6 Å². The number of carbonyl (C=O) groups excluding carboxylic acids is 1. The number of pyridine rings is 1. The van der Waals surface area contributed by atoms with E-state index in [0.717, 1.165) is 62.3 Å². The second-order valence-corrected chi connectivity index (χ2v) is 7.84. The molecule has 1 amide bonds. The molecule has 0 radical (unpaired) electrons. The summed E-state index contributed by atoms with van der Waals surface area (Å²) in [5.41, 5.74) is 3.90. The van der Waals surface area contributed by atoms with Gasteiger partial charge in [0.05, 0.1) is 0 Å². The highest BCUT2D eigenvalue weighted by Crippen LogP contribution is 2.25. The van der Waals surface area contributed by atoms with Gasteiger partial charge in [0, 0.05) is 55.7 Å². The van der Waals surface area contributed by atoms with Crippen molar-refractivity contribution in [3.8, 4) is 0 Å². The summed E-state index contributed by atoms with van der Waals surface area (Å²) in [5.74, 6) is 0.0502. The lowest BCUT2D eigenvalue weighted by atomic mass is 10.0. The second-order valence-electron chi connectivity index (χ2n) is 7.84. The molecule has 7 heteroatoms. The molecule has 4 heterocycles. The number of likely N-dealkylation sites (N-methyl/N-ethyl adjacent to an activating group) is 1. The number of likely N-dealkylation sites (tertiary alicyclic amines) is 1. The van der Waals surface area contributed by atoms with Gasteiger partial charge >= 0.3 is 0 Å². The molecule has 1 fully saturated rings. The molecule has 144 valence electrons. The van der Waals surface area contributed by atoms with Crippen molar-refractivity contribution in [1.82, 2.24) is 29.9 Å². The molecule has 2 aliphatic heterocycles. The minimum atomic E-state index is 0.0502. The minimum Gasteiger partial charge on any atom is -0.330 e. The molecular weight excluding hydrogens is 340 g/mol.